The summed E-state index contributed by atoms with van der Waals surface area (Å²) in [5.74, 6) is -0.426. The van der Waals surface area contributed by atoms with E-state index < -0.39 is 5.82 Å². The third kappa shape index (κ3) is 1.22. The minimum absolute atomic E-state index is 0.234. The largest absolute Gasteiger partial charge is 0.359 e. The fourth-order valence-electron chi connectivity index (χ4n) is 1.19. The van der Waals surface area contributed by atoms with Crippen LogP contribution in [0.25, 0.3) is 11.3 Å². The Morgan fingerprint density at radius 1 is 1.43 bits per heavy atom. The second kappa shape index (κ2) is 3.10. The van der Waals surface area contributed by atoms with Crippen molar-refractivity contribution in [2.75, 3.05) is 0 Å². The predicted octanol–water partition coefficient (Wildman–Crippen LogP) is 1.42. The van der Waals surface area contributed by atoms with Crippen LogP contribution in [-0.4, -0.2) is 5.16 Å². The average Bonchev–Trinajstić information content (AvgIpc) is 2.49. The van der Waals surface area contributed by atoms with Crippen LogP contribution in [0.3, 0.4) is 0 Å². The minimum Gasteiger partial charge on any atom is -0.359 e. The molecule has 0 N–H and O–H groups in total. The summed E-state index contributed by atoms with van der Waals surface area (Å²) >= 11 is 0. The molecule has 0 amide bonds. The van der Waals surface area contributed by atoms with Crippen LogP contribution in [0.5, 0.6) is 0 Å². The average molecular weight is 194 g/mol. The zero-order valence-electron chi connectivity index (χ0n) is 7.40. The van der Waals surface area contributed by atoms with Gasteiger partial charge in [0.1, 0.15) is 5.82 Å². The standard InChI is InChI=1S/C9H7FN2O2/c1-6-9(11-14-12(6)13)7-4-2-3-5-8(7)10/h2-5H,1H3. The molecule has 14 heavy (non-hydrogen) atoms. The summed E-state index contributed by atoms with van der Waals surface area (Å²) in [5.41, 5.74) is 0.747. The second-order valence-corrected chi connectivity index (χ2v) is 2.84. The van der Waals surface area contributed by atoms with Gasteiger partial charge in [-0.2, -0.15) is 0 Å². The molecule has 2 rings (SSSR count). The smallest absolute Gasteiger partial charge is 0.254 e. The van der Waals surface area contributed by atoms with Gasteiger partial charge in [-0.05, 0) is 17.0 Å². The van der Waals surface area contributed by atoms with E-state index in [1.807, 2.05) is 0 Å². The van der Waals surface area contributed by atoms with Crippen molar-refractivity contribution in [3.8, 4) is 11.3 Å². The molecule has 0 unspecified atom stereocenters. The third-order valence-electron chi connectivity index (χ3n) is 1.95. The molecule has 0 fully saturated rings. The summed E-state index contributed by atoms with van der Waals surface area (Å²) in [5, 5.41) is 14.4. The molecule has 0 aliphatic heterocycles. The molecule has 1 heterocycles. The van der Waals surface area contributed by atoms with Crippen molar-refractivity contribution in [1.29, 1.82) is 0 Å². The summed E-state index contributed by atoms with van der Waals surface area (Å²) in [6.07, 6.45) is 0. The first-order valence-electron chi connectivity index (χ1n) is 4.01. The van der Waals surface area contributed by atoms with E-state index in [1.165, 1.54) is 13.0 Å². The Kier molecular flexibility index (Phi) is 1.92. The maximum absolute atomic E-state index is 13.3. The maximum Gasteiger partial charge on any atom is 0.254 e. The lowest BCUT2D eigenvalue weighted by Gasteiger charge is -1.94. The number of aromatic nitrogens is 2. The summed E-state index contributed by atoms with van der Waals surface area (Å²) in [4.78, 5) is 0.252. The molecule has 0 aliphatic rings. The van der Waals surface area contributed by atoms with Gasteiger partial charge in [0.2, 0.25) is 5.69 Å². The van der Waals surface area contributed by atoms with Gasteiger partial charge in [0, 0.05) is 12.1 Å². The monoisotopic (exact) mass is 194 g/mol. The lowest BCUT2D eigenvalue weighted by atomic mass is 10.1. The molecule has 0 radical (unpaired) electrons. The molecular formula is C9H7FN2O2. The Morgan fingerprint density at radius 3 is 2.71 bits per heavy atom. The van der Waals surface area contributed by atoms with Gasteiger partial charge >= 0.3 is 0 Å². The summed E-state index contributed by atoms with van der Waals surface area (Å²) in [7, 11) is 0. The van der Waals surface area contributed by atoms with E-state index in [2.05, 4.69) is 9.79 Å². The number of halogens is 1. The van der Waals surface area contributed by atoms with Crippen molar-refractivity contribution in [2.45, 2.75) is 6.92 Å². The first-order valence-corrected chi connectivity index (χ1v) is 4.01. The number of hydrogen-bond acceptors (Lipinski definition) is 3. The Morgan fingerprint density at radius 2 is 2.14 bits per heavy atom. The maximum atomic E-state index is 13.3. The van der Waals surface area contributed by atoms with Crippen LogP contribution >= 0.6 is 0 Å². The first kappa shape index (κ1) is 8.68. The number of nitrogens with zero attached hydrogens (tertiary/aromatic N) is 2. The third-order valence-corrected chi connectivity index (χ3v) is 1.95. The molecule has 5 heteroatoms. The fraction of sp³-hybridized carbons (Fsp3) is 0.111. The van der Waals surface area contributed by atoms with Crippen LogP contribution in [0, 0.1) is 17.9 Å². The summed E-state index contributed by atoms with van der Waals surface area (Å²) in [6.45, 7) is 1.52. The van der Waals surface area contributed by atoms with Crippen LogP contribution in [0.4, 0.5) is 4.39 Å². The fourth-order valence-corrected chi connectivity index (χ4v) is 1.19. The van der Waals surface area contributed by atoms with E-state index in [0.29, 0.717) is 0 Å². The van der Waals surface area contributed by atoms with Crippen LogP contribution in [0.15, 0.2) is 28.9 Å². The van der Waals surface area contributed by atoms with Crippen LogP contribution < -0.4 is 4.90 Å². The lowest BCUT2D eigenvalue weighted by molar-refractivity contribution is -0.806. The van der Waals surface area contributed by atoms with Crippen LogP contribution in [-0.2, 0) is 0 Å². The van der Waals surface area contributed by atoms with E-state index in [-0.39, 0.29) is 21.9 Å². The highest BCUT2D eigenvalue weighted by atomic mass is 19.1. The Labute approximate surface area is 79.1 Å². The van der Waals surface area contributed by atoms with Gasteiger partial charge in [-0.25, -0.2) is 4.39 Å². The van der Waals surface area contributed by atoms with Crippen molar-refractivity contribution in [2.24, 2.45) is 0 Å². The molecule has 1 aromatic carbocycles. The Balaban J connectivity index is 2.60. The molecular weight excluding hydrogens is 187 g/mol. The van der Waals surface area contributed by atoms with Crippen molar-refractivity contribution in [3.63, 3.8) is 0 Å². The zero-order chi connectivity index (χ0) is 10.1. The second-order valence-electron chi connectivity index (χ2n) is 2.84. The molecule has 0 saturated heterocycles. The SMILES string of the molecule is Cc1c(-c2ccccc2F)no[n+]1[O-]. The van der Waals surface area contributed by atoms with E-state index >= 15 is 0 Å². The molecule has 1 aromatic heterocycles. The number of benzene rings is 1. The first-order chi connectivity index (χ1) is 6.70. The van der Waals surface area contributed by atoms with E-state index in [1.54, 1.807) is 18.2 Å². The highest BCUT2D eigenvalue weighted by Crippen LogP contribution is 2.21. The zero-order valence-corrected chi connectivity index (χ0v) is 7.40. The molecule has 0 atom stereocenters. The van der Waals surface area contributed by atoms with Gasteiger partial charge < -0.3 is 5.21 Å². The van der Waals surface area contributed by atoms with Gasteiger partial charge in [0.05, 0.1) is 5.56 Å². The van der Waals surface area contributed by atoms with E-state index in [9.17, 15) is 9.60 Å². The summed E-state index contributed by atoms with van der Waals surface area (Å²) in [6, 6.07) is 6.08. The lowest BCUT2D eigenvalue weighted by Crippen LogP contribution is -2.25. The molecule has 0 spiro atoms. The van der Waals surface area contributed by atoms with Crippen molar-refractivity contribution >= 4 is 0 Å². The number of hydrogen-bond donors (Lipinski definition) is 0. The highest BCUT2D eigenvalue weighted by molar-refractivity contribution is 5.60. The van der Waals surface area contributed by atoms with Crippen molar-refractivity contribution < 1.29 is 13.9 Å². The molecule has 2 aromatic rings. The quantitative estimate of drug-likeness (QED) is 0.645. The van der Waals surface area contributed by atoms with Crippen LogP contribution in [0.1, 0.15) is 5.69 Å². The number of rotatable bonds is 1. The van der Waals surface area contributed by atoms with Crippen molar-refractivity contribution in [1.82, 2.24) is 5.16 Å². The van der Waals surface area contributed by atoms with Gasteiger partial charge in [-0.3, -0.25) is 4.63 Å². The van der Waals surface area contributed by atoms with Crippen molar-refractivity contribution in [3.05, 3.63) is 41.0 Å². The minimum atomic E-state index is -0.426. The normalized spacial score (nSPS) is 10.4. The molecule has 0 bridgehead atoms. The van der Waals surface area contributed by atoms with Gasteiger partial charge in [-0.1, -0.05) is 12.1 Å². The predicted molar refractivity (Wildman–Crippen MR) is 45.6 cm³/mol. The Hall–Kier alpha value is -1.91. The van der Waals surface area contributed by atoms with Gasteiger partial charge in [0.25, 0.3) is 5.69 Å². The summed E-state index contributed by atoms with van der Waals surface area (Å²) < 4.78 is 17.6. The molecule has 0 aliphatic carbocycles. The molecule has 72 valence electrons. The van der Waals surface area contributed by atoms with Crippen LogP contribution in [0.2, 0.25) is 0 Å². The van der Waals surface area contributed by atoms with Gasteiger partial charge in [0.15, 0.2) is 0 Å². The van der Waals surface area contributed by atoms with Gasteiger partial charge in [-0.15, -0.1) is 0 Å². The highest BCUT2D eigenvalue weighted by Gasteiger charge is 2.19. The van der Waals surface area contributed by atoms with E-state index in [0.717, 1.165) is 0 Å². The molecule has 0 saturated carbocycles. The Bertz CT molecular complexity index is 468. The molecule has 4 nitrogen and oxygen atoms in total. The topological polar surface area (TPSA) is 53.0 Å². The van der Waals surface area contributed by atoms with E-state index in [4.69, 9.17) is 0 Å².